The fraction of sp³-hybridized carbons (Fsp3) is 0.381. The van der Waals surface area contributed by atoms with Crippen molar-refractivity contribution in [1.29, 1.82) is 0 Å². The zero-order valence-corrected chi connectivity index (χ0v) is 17.6. The number of nitrogens with one attached hydrogen (secondary N) is 1. The monoisotopic (exact) mass is 414 g/mol. The normalized spacial score (nSPS) is 11.0. The maximum absolute atomic E-state index is 12.2. The van der Waals surface area contributed by atoms with E-state index in [-0.39, 0.29) is 5.91 Å². The van der Waals surface area contributed by atoms with Crippen molar-refractivity contribution in [3.05, 3.63) is 41.8 Å². The van der Waals surface area contributed by atoms with Crippen molar-refractivity contribution in [2.45, 2.75) is 6.42 Å². The molecular formula is C21H26N4O3S. The van der Waals surface area contributed by atoms with Gasteiger partial charge >= 0.3 is 0 Å². The van der Waals surface area contributed by atoms with E-state index in [9.17, 15) is 4.79 Å². The molecule has 154 valence electrons. The molecule has 0 spiro atoms. The number of ether oxygens (including phenoxy) is 2. The highest BCUT2D eigenvalue weighted by Gasteiger charge is 2.17. The number of benzene rings is 1. The summed E-state index contributed by atoms with van der Waals surface area (Å²) >= 11 is 1.61. The average molecular weight is 415 g/mol. The summed E-state index contributed by atoms with van der Waals surface area (Å²) in [5, 5.41) is 5.84. The van der Waals surface area contributed by atoms with Crippen molar-refractivity contribution >= 4 is 34.0 Å². The SMILES string of the molecule is COCCNC(=O)CCN(CCOC)c1nc(-c2cccs2)nc2ccccc12. The molecule has 7 nitrogen and oxygen atoms in total. The zero-order valence-electron chi connectivity index (χ0n) is 16.8. The summed E-state index contributed by atoms with van der Waals surface area (Å²) in [6, 6.07) is 12.0. The molecule has 0 saturated carbocycles. The van der Waals surface area contributed by atoms with Crippen LogP contribution in [0.5, 0.6) is 0 Å². The van der Waals surface area contributed by atoms with Gasteiger partial charge in [-0.25, -0.2) is 9.97 Å². The molecule has 3 aromatic rings. The quantitative estimate of drug-likeness (QED) is 0.486. The molecule has 0 aliphatic rings. The van der Waals surface area contributed by atoms with E-state index in [2.05, 4.69) is 10.2 Å². The number of carbonyl (C=O) groups excluding carboxylic acids is 1. The highest BCUT2D eigenvalue weighted by Crippen LogP contribution is 2.29. The largest absolute Gasteiger partial charge is 0.383 e. The number of thiophene rings is 1. The minimum atomic E-state index is -0.0127. The number of amides is 1. The Hall–Kier alpha value is -2.55. The Morgan fingerprint density at radius 2 is 1.90 bits per heavy atom. The Labute approximate surface area is 174 Å². The molecule has 1 N–H and O–H groups in total. The standard InChI is InChI=1S/C21H26N4O3S/c1-27-13-10-22-19(26)9-11-25(12-14-28-2)21-16-6-3-4-7-17(16)23-20(24-21)18-8-5-15-29-18/h3-8,15H,9-14H2,1-2H3,(H,22,26). The van der Waals surface area contributed by atoms with Gasteiger partial charge in [-0.3, -0.25) is 4.79 Å². The molecule has 1 amide bonds. The third kappa shape index (κ3) is 5.72. The summed E-state index contributed by atoms with van der Waals surface area (Å²) in [6.07, 6.45) is 0.361. The molecule has 2 aromatic heterocycles. The highest BCUT2D eigenvalue weighted by molar-refractivity contribution is 7.13. The summed E-state index contributed by atoms with van der Waals surface area (Å²) in [6.45, 7) is 2.71. The molecule has 0 radical (unpaired) electrons. The van der Waals surface area contributed by atoms with Gasteiger partial charge in [0.2, 0.25) is 5.91 Å². The number of para-hydroxylation sites is 1. The lowest BCUT2D eigenvalue weighted by Gasteiger charge is -2.25. The number of methoxy groups -OCH3 is 2. The van der Waals surface area contributed by atoms with E-state index in [1.165, 1.54) is 0 Å². The van der Waals surface area contributed by atoms with E-state index in [1.54, 1.807) is 25.6 Å². The van der Waals surface area contributed by atoms with E-state index < -0.39 is 0 Å². The Balaban J connectivity index is 1.88. The van der Waals surface area contributed by atoms with Gasteiger partial charge < -0.3 is 19.7 Å². The molecule has 0 aliphatic heterocycles. The lowest BCUT2D eigenvalue weighted by molar-refractivity contribution is -0.121. The Morgan fingerprint density at radius 1 is 1.07 bits per heavy atom. The molecular weight excluding hydrogens is 388 g/mol. The van der Waals surface area contributed by atoms with Crippen LogP contribution in [0.15, 0.2) is 41.8 Å². The Kier molecular flexibility index (Phi) is 7.92. The van der Waals surface area contributed by atoms with Crippen molar-refractivity contribution in [2.75, 3.05) is 52.0 Å². The number of aromatic nitrogens is 2. The molecule has 0 atom stereocenters. The minimum absolute atomic E-state index is 0.0127. The molecule has 0 unspecified atom stereocenters. The molecule has 29 heavy (non-hydrogen) atoms. The summed E-state index contributed by atoms with van der Waals surface area (Å²) in [5.41, 5.74) is 0.882. The van der Waals surface area contributed by atoms with Crippen molar-refractivity contribution in [3.8, 4) is 10.7 Å². The van der Waals surface area contributed by atoms with Crippen LogP contribution in [0.25, 0.3) is 21.6 Å². The molecule has 3 rings (SSSR count). The second-order valence-electron chi connectivity index (χ2n) is 6.44. The van der Waals surface area contributed by atoms with Crippen LogP contribution in [0.2, 0.25) is 0 Å². The van der Waals surface area contributed by atoms with Gasteiger partial charge in [-0.15, -0.1) is 11.3 Å². The predicted octanol–water partition coefficient (Wildman–Crippen LogP) is 2.96. The van der Waals surface area contributed by atoms with Gasteiger partial charge in [0.25, 0.3) is 0 Å². The number of rotatable bonds is 11. The lowest BCUT2D eigenvalue weighted by atomic mass is 10.2. The van der Waals surface area contributed by atoms with Gasteiger partial charge in [-0.1, -0.05) is 18.2 Å². The first-order valence-corrected chi connectivity index (χ1v) is 10.4. The Morgan fingerprint density at radius 3 is 2.66 bits per heavy atom. The van der Waals surface area contributed by atoms with Crippen LogP contribution in [-0.4, -0.2) is 62.9 Å². The number of nitrogens with zero attached hydrogens (tertiary/aromatic N) is 3. The van der Waals surface area contributed by atoms with Crippen molar-refractivity contribution < 1.29 is 14.3 Å². The maximum atomic E-state index is 12.2. The molecule has 0 bridgehead atoms. The molecule has 2 heterocycles. The number of carbonyl (C=O) groups is 1. The first-order valence-electron chi connectivity index (χ1n) is 9.53. The van der Waals surface area contributed by atoms with Gasteiger partial charge in [0.05, 0.1) is 23.6 Å². The zero-order chi connectivity index (χ0) is 20.5. The number of hydrogen-bond donors (Lipinski definition) is 1. The first kappa shape index (κ1) is 21.2. The molecule has 0 fully saturated rings. The number of anilines is 1. The summed E-state index contributed by atoms with van der Waals surface area (Å²) in [5.74, 6) is 1.50. The van der Waals surface area contributed by atoms with Crippen LogP contribution in [-0.2, 0) is 14.3 Å². The van der Waals surface area contributed by atoms with Gasteiger partial charge in [-0.05, 0) is 23.6 Å². The summed E-state index contributed by atoms with van der Waals surface area (Å²) in [7, 11) is 3.29. The van der Waals surface area contributed by atoms with Crippen LogP contribution < -0.4 is 10.2 Å². The van der Waals surface area contributed by atoms with E-state index in [0.29, 0.717) is 45.1 Å². The third-order valence-electron chi connectivity index (χ3n) is 4.43. The fourth-order valence-corrected chi connectivity index (χ4v) is 3.62. The topological polar surface area (TPSA) is 76.6 Å². The number of fused-ring (bicyclic) bond motifs is 1. The molecule has 0 aliphatic carbocycles. The summed E-state index contributed by atoms with van der Waals surface area (Å²) < 4.78 is 10.3. The second kappa shape index (κ2) is 10.8. The predicted molar refractivity (Wildman–Crippen MR) is 116 cm³/mol. The third-order valence-corrected chi connectivity index (χ3v) is 5.29. The van der Waals surface area contributed by atoms with Crippen LogP contribution in [0.1, 0.15) is 6.42 Å². The van der Waals surface area contributed by atoms with Gasteiger partial charge in [0.15, 0.2) is 5.82 Å². The lowest BCUT2D eigenvalue weighted by Crippen LogP contribution is -2.34. The van der Waals surface area contributed by atoms with E-state index in [0.717, 1.165) is 21.6 Å². The van der Waals surface area contributed by atoms with Crippen molar-refractivity contribution in [2.24, 2.45) is 0 Å². The van der Waals surface area contributed by atoms with Crippen LogP contribution >= 0.6 is 11.3 Å². The minimum Gasteiger partial charge on any atom is -0.383 e. The highest BCUT2D eigenvalue weighted by atomic mass is 32.1. The van der Waals surface area contributed by atoms with Gasteiger partial charge in [-0.2, -0.15) is 0 Å². The van der Waals surface area contributed by atoms with Crippen LogP contribution in [0.3, 0.4) is 0 Å². The van der Waals surface area contributed by atoms with E-state index >= 15 is 0 Å². The maximum Gasteiger partial charge on any atom is 0.221 e. The van der Waals surface area contributed by atoms with Crippen LogP contribution in [0, 0.1) is 0 Å². The molecule has 0 saturated heterocycles. The molecule has 8 heteroatoms. The fourth-order valence-electron chi connectivity index (χ4n) is 2.96. The van der Waals surface area contributed by atoms with Crippen LogP contribution in [0.4, 0.5) is 5.82 Å². The second-order valence-corrected chi connectivity index (χ2v) is 7.39. The smallest absolute Gasteiger partial charge is 0.221 e. The van der Waals surface area contributed by atoms with Crippen molar-refractivity contribution in [3.63, 3.8) is 0 Å². The van der Waals surface area contributed by atoms with E-state index in [4.69, 9.17) is 19.4 Å². The number of hydrogen-bond acceptors (Lipinski definition) is 7. The Bertz CT molecular complexity index is 917. The van der Waals surface area contributed by atoms with Crippen molar-refractivity contribution in [1.82, 2.24) is 15.3 Å². The first-order chi connectivity index (χ1) is 14.2. The summed E-state index contributed by atoms with van der Waals surface area (Å²) in [4.78, 5) is 24.9. The van der Waals surface area contributed by atoms with Gasteiger partial charge in [0.1, 0.15) is 5.82 Å². The average Bonchev–Trinajstić information content (AvgIpc) is 3.28. The van der Waals surface area contributed by atoms with Gasteiger partial charge in [0, 0.05) is 45.7 Å². The van der Waals surface area contributed by atoms with E-state index in [1.807, 2.05) is 41.8 Å². The molecule has 1 aromatic carbocycles.